The van der Waals surface area contributed by atoms with Crippen molar-refractivity contribution in [3.63, 3.8) is 0 Å². The quantitative estimate of drug-likeness (QED) is 0.555. The van der Waals surface area contributed by atoms with Crippen LogP contribution in [0, 0.1) is 24.0 Å². The summed E-state index contributed by atoms with van der Waals surface area (Å²) >= 11 is 0. The van der Waals surface area contributed by atoms with E-state index in [0.717, 1.165) is 16.5 Å². The molecule has 2 aromatic carbocycles. The molecular weight excluding hydrogens is 342 g/mol. The number of anilines is 1. The minimum absolute atomic E-state index is 0. The van der Waals surface area contributed by atoms with Crippen LogP contribution in [0.4, 0.5) is 11.4 Å². The Morgan fingerprint density at radius 2 is 1.72 bits per heavy atom. The molecule has 0 radical (unpaired) electrons. The number of amides is 1. The predicted molar refractivity (Wildman–Crippen MR) is 99.5 cm³/mol. The molecule has 25 heavy (non-hydrogen) atoms. The number of nitro groups is 1. The van der Waals surface area contributed by atoms with Crippen LogP contribution >= 0.6 is 12.4 Å². The molecule has 0 aliphatic rings. The monoisotopic (exact) mass is 357 g/mol. The average Bonchev–Trinajstić information content (AvgIpc) is 2.55. The largest absolute Gasteiger partial charge is 0.322 e. The third-order valence-corrected chi connectivity index (χ3v) is 3.90. The van der Waals surface area contributed by atoms with E-state index in [1.54, 1.807) is 6.92 Å². The van der Waals surface area contributed by atoms with Crippen LogP contribution in [-0.2, 0) is 0 Å². The van der Waals surface area contributed by atoms with Crippen LogP contribution in [-0.4, -0.2) is 15.8 Å². The minimum Gasteiger partial charge on any atom is -0.322 e. The predicted octanol–water partition coefficient (Wildman–Crippen LogP) is 4.43. The first kappa shape index (κ1) is 18.4. The van der Waals surface area contributed by atoms with Gasteiger partial charge in [0, 0.05) is 23.2 Å². The first-order valence-corrected chi connectivity index (χ1v) is 7.39. The van der Waals surface area contributed by atoms with Gasteiger partial charge in [0.1, 0.15) is 0 Å². The van der Waals surface area contributed by atoms with E-state index in [4.69, 9.17) is 0 Å². The maximum atomic E-state index is 12.6. The number of nitro benzene ring substituents is 1. The summed E-state index contributed by atoms with van der Waals surface area (Å²) in [6, 6.07) is 13.4. The number of halogens is 1. The van der Waals surface area contributed by atoms with Crippen molar-refractivity contribution in [2.45, 2.75) is 13.8 Å². The number of hydrogen-bond acceptors (Lipinski definition) is 4. The molecule has 1 heterocycles. The van der Waals surface area contributed by atoms with Crippen molar-refractivity contribution >= 4 is 40.6 Å². The van der Waals surface area contributed by atoms with E-state index in [1.165, 1.54) is 24.3 Å². The summed E-state index contributed by atoms with van der Waals surface area (Å²) in [5.74, 6) is -0.280. The van der Waals surface area contributed by atoms with Gasteiger partial charge >= 0.3 is 0 Å². The Labute approximate surface area is 150 Å². The van der Waals surface area contributed by atoms with E-state index in [9.17, 15) is 14.9 Å². The number of fused-ring (bicyclic) bond motifs is 1. The molecule has 0 aliphatic carbocycles. The number of rotatable bonds is 3. The Morgan fingerprint density at radius 3 is 2.36 bits per heavy atom. The van der Waals surface area contributed by atoms with Gasteiger partial charge in [-0.25, -0.2) is 0 Å². The van der Waals surface area contributed by atoms with Crippen molar-refractivity contribution in [3.8, 4) is 0 Å². The third kappa shape index (κ3) is 3.59. The number of pyridine rings is 1. The number of aromatic nitrogens is 1. The van der Waals surface area contributed by atoms with Crippen molar-refractivity contribution in [2.75, 3.05) is 5.32 Å². The summed E-state index contributed by atoms with van der Waals surface area (Å²) in [4.78, 5) is 27.3. The minimum atomic E-state index is -0.479. The van der Waals surface area contributed by atoms with Gasteiger partial charge in [-0.2, -0.15) is 0 Å². The molecule has 0 fully saturated rings. The van der Waals surface area contributed by atoms with Gasteiger partial charge in [-0.1, -0.05) is 18.2 Å². The molecule has 0 saturated carbocycles. The Morgan fingerprint density at radius 1 is 1.08 bits per heavy atom. The van der Waals surface area contributed by atoms with Gasteiger partial charge in [0.25, 0.3) is 11.6 Å². The van der Waals surface area contributed by atoms with Gasteiger partial charge in [0.2, 0.25) is 0 Å². The summed E-state index contributed by atoms with van der Waals surface area (Å²) in [5, 5.41) is 14.4. The first-order valence-electron chi connectivity index (χ1n) is 7.39. The zero-order valence-corrected chi connectivity index (χ0v) is 14.5. The zero-order valence-electron chi connectivity index (χ0n) is 13.6. The maximum absolute atomic E-state index is 12.6. The third-order valence-electron chi connectivity index (χ3n) is 3.90. The summed E-state index contributed by atoms with van der Waals surface area (Å²) in [6.45, 7) is 3.69. The van der Waals surface area contributed by atoms with Crippen molar-refractivity contribution in [1.82, 2.24) is 4.98 Å². The highest BCUT2D eigenvalue weighted by molar-refractivity contribution is 6.08. The van der Waals surface area contributed by atoms with Gasteiger partial charge < -0.3 is 5.32 Å². The van der Waals surface area contributed by atoms with Gasteiger partial charge in [-0.15, -0.1) is 12.4 Å². The molecule has 128 valence electrons. The van der Waals surface area contributed by atoms with E-state index in [2.05, 4.69) is 10.3 Å². The molecule has 0 aliphatic heterocycles. The number of non-ortho nitro benzene ring substituents is 1. The number of para-hydroxylation sites is 1. The highest BCUT2D eigenvalue weighted by Crippen LogP contribution is 2.24. The summed E-state index contributed by atoms with van der Waals surface area (Å²) in [5.41, 5.74) is 3.35. The van der Waals surface area contributed by atoms with E-state index in [0.29, 0.717) is 16.9 Å². The van der Waals surface area contributed by atoms with Crippen LogP contribution in [0.25, 0.3) is 10.9 Å². The van der Waals surface area contributed by atoms with Crippen LogP contribution in [0.15, 0.2) is 48.5 Å². The standard InChI is InChI=1S/C18H15N3O3.ClH/c1-11-15-5-3-4-6-16(15)19-12(2)17(11)18(22)20-13-7-9-14(10-8-13)21(23)24;/h3-10H,1-2H3,(H,20,22);1H. The average molecular weight is 358 g/mol. The molecule has 1 amide bonds. The fourth-order valence-corrected chi connectivity index (χ4v) is 2.73. The first-order chi connectivity index (χ1) is 11.5. The number of hydrogen-bond donors (Lipinski definition) is 1. The van der Waals surface area contributed by atoms with Gasteiger partial charge in [0.15, 0.2) is 0 Å². The Kier molecular flexibility index (Phi) is 5.34. The lowest BCUT2D eigenvalue weighted by molar-refractivity contribution is -0.384. The second-order valence-electron chi connectivity index (χ2n) is 5.47. The smallest absolute Gasteiger partial charge is 0.269 e. The number of aryl methyl sites for hydroxylation is 2. The van der Waals surface area contributed by atoms with Crippen molar-refractivity contribution in [3.05, 3.63) is 75.5 Å². The molecular formula is C18H16ClN3O3. The zero-order chi connectivity index (χ0) is 17.3. The fraction of sp³-hybridized carbons (Fsp3) is 0.111. The number of carbonyl (C=O) groups is 1. The maximum Gasteiger partial charge on any atom is 0.269 e. The van der Waals surface area contributed by atoms with E-state index in [-0.39, 0.29) is 24.0 Å². The lowest BCUT2D eigenvalue weighted by Crippen LogP contribution is -2.16. The van der Waals surface area contributed by atoms with Crippen molar-refractivity contribution in [1.29, 1.82) is 0 Å². The molecule has 0 spiro atoms. The van der Waals surface area contributed by atoms with Gasteiger partial charge in [-0.3, -0.25) is 19.9 Å². The van der Waals surface area contributed by atoms with Crippen LogP contribution in [0.5, 0.6) is 0 Å². The molecule has 6 nitrogen and oxygen atoms in total. The van der Waals surface area contributed by atoms with Crippen LogP contribution in [0.1, 0.15) is 21.6 Å². The van der Waals surface area contributed by atoms with Crippen molar-refractivity contribution in [2.24, 2.45) is 0 Å². The number of benzene rings is 2. The molecule has 3 rings (SSSR count). The van der Waals surface area contributed by atoms with Crippen LogP contribution in [0.3, 0.4) is 0 Å². The lowest BCUT2D eigenvalue weighted by Gasteiger charge is -2.12. The van der Waals surface area contributed by atoms with Crippen LogP contribution in [0.2, 0.25) is 0 Å². The van der Waals surface area contributed by atoms with Crippen LogP contribution < -0.4 is 5.32 Å². The molecule has 1 N–H and O–H groups in total. The lowest BCUT2D eigenvalue weighted by atomic mass is 10.0. The Bertz CT molecular complexity index is 956. The summed E-state index contributed by atoms with van der Waals surface area (Å²) in [6.07, 6.45) is 0. The second-order valence-corrected chi connectivity index (χ2v) is 5.47. The van der Waals surface area contributed by atoms with Gasteiger partial charge in [0.05, 0.1) is 21.7 Å². The number of carbonyl (C=O) groups excluding carboxylic acids is 1. The fourth-order valence-electron chi connectivity index (χ4n) is 2.73. The summed E-state index contributed by atoms with van der Waals surface area (Å²) in [7, 11) is 0. The molecule has 1 aromatic heterocycles. The van der Waals surface area contributed by atoms with E-state index < -0.39 is 4.92 Å². The second kappa shape index (κ2) is 7.27. The Balaban J connectivity index is 0.00000225. The number of nitrogens with one attached hydrogen (secondary N) is 1. The summed E-state index contributed by atoms with van der Waals surface area (Å²) < 4.78 is 0. The SMILES string of the molecule is Cc1nc2ccccc2c(C)c1C(=O)Nc1ccc([N+](=O)[O-])cc1.Cl. The topological polar surface area (TPSA) is 85.1 Å². The van der Waals surface area contributed by atoms with E-state index in [1.807, 2.05) is 31.2 Å². The highest BCUT2D eigenvalue weighted by atomic mass is 35.5. The highest BCUT2D eigenvalue weighted by Gasteiger charge is 2.16. The van der Waals surface area contributed by atoms with Gasteiger partial charge in [-0.05, 0) is 37.6 Å². The molecule has 7 heteroatoms. The molecule has 0 unspecified atom stereocenters. The molecule has 0 atom stereocenters. The molecule has 0 saturated heterocycles. The normalized spacial score (nSPS) is 10.2. The van der Waals surface area contributed by atoms with Crippen molar-refractivity contribution < 1.29 is 9.72 Å². The molecule has 0 bridgehead atoms. The molecule has 3 aromatic rings. The Hall–Kier alpha value is -2.99. The number of nitrogens with zero attached hydrogens (tertiary/aromatic N) is 2. The van der Waals surface area contributed by atoms with E-state index >= 15 is 0 Å².